The molecule has 1 aromatic heterocycles. The van der Waals surface area contributed by atoms with Crippen molar-refractivity contribution in [2.75, 3.05) is 31.1 Å². The summed E-state index contributed by atoms with van der Waals surface area (Å²) in [6, 6.07) is 8.14. The van der Waals surface area contributed by atoms with Gasteiger partial charge in [0.15, 0.2) is 0 Å². The van der Waals surface area contributed by atoms with Gasteiger partial charge in [0.2, 0.25) is 5.91 Å². The Morgan fingerprint density at radius 3 is 2.83 bits per heavy atom. The first-order chi connectivity index (χ1) is 14.2. The molecule has 6 heteroatoms. The lowest BCUT2D eigenvalue weighted by Crippen LogP contribution is -2.44. The van der Waals surface area contributed by atoms with Gasteiger partial charge >= 0.3 is 0 Å². The van der Waals surface area contributed by atoms with Gasteiger partial charge in [-0.15, -0.1) is 10.2 Å². The third-order valence-electron chi connectivity index (χ3n) is 6.39. The van der Waals surface area contributed by atoms with E-state index in [1.54, 1.807) is 0 Å². The number of aryl methyl sites for hydroxylation is 2. The molecular weight excluding hydrogens is 362 g/mol. The Labute approximate surface area is 173 Å². The number of rotatable bonds is 5. The molecule has 4 rings (SSSR count). The lowest BCUT2D eigenvalue weighted by atomic mass is 9.97. The van der Waals surface area contributed by atoms with Crippen LogP contribution in [0.1, 0.15) is 62.2 Å². The number of nitrogens with zero attached hydrogens (tertiary/aromatic N) is 5. The van der Waals surface area contributed by atoms with Crippen LogP contribution in [-0.4, -0.2) is 51.8 Å². The van der Waals surface area contributed by atoms with E-state index in [0.717, 1.165) is 61.8 Å². The van der Waals surface area contributed by atoms with Crippen molar-refractivity contribution in [2.24, 2.45) is 0 Å². The van der Waals surface area contributed by atoms with Crippen LogP contribution < -0.4 is 4.90 Å². The van der Waals surface area contributed by atoms with Gasteiger partial charge in [0, 0.05) is 37.7 Å². The van der Waals surface area contributed by atoms with E-state index in [1.165, 1.54) is 19.3 Å². The molecule has 1 atom stereocenters. The molecular formula is C23H33N5O. The number of para-hydroxylation sites is 1. The average molecular weight is 396 g/mol. The van der Waals surface area contributed by atoms with Gasteiger partial charge in [-0.1, -0.05) is 24.6 Å². The van der Waals surface area contributed by atoms with Crippen LogP contribution in [0, 0.1) is 6.92 Å². The second-order valence-electron chi connectivity index (χ2n) is 8.44. The summed E-state index contributed by atoms with van der Waals surface area (Å²) in [4.78, 5) is 17.4. The minimum atomic E-state index is 0.183. The number of amides is 1. The molecule has 29 heavy (non-hydrogen) atoms. The van der Waals surface area contributed by atoms with Gasteiger partial charge in [0.25, 0.3) is 0 Å². The maximum atomic E-state index is 13.1. The number of carbonyl (C=O) groups excluding carboxylic acids is 1. The predicted octanol–water partition coefficient (Wildman–Crippen LogP) is 3.55. The van der Waals surface area contributed by atoms with E-state index in [2.05, 4.69) is 39.6 Å². The van der Waals surface area contributed by atoms with E-state index in [9.17, 15) is 4.79 Å². The summed E-state index contributed by atoms with van der Waals surface area (Å²) in [7, 11) is 0. The number of likely N-dealkylation sites (tertiary alicyclic amines) is 1. The fraction of sp³-hybridized carbons (Fsp3) is 0.609. The van der Waals surface area contributed by atoms with Gasteiger partial charge in [0.05, 0.1) is 6.54 Å². The monoisotopic (exact) mass is 395 g/mol. The lowest BCUT2D eigenvalue weighted by Gasteiger charge is -2.33. The van der Waals surface area contributed by atoms with E-state index in [-0.39, 0.29) is 5.91 Å². The van der Waals surface area contributed by atoms with Crippen LogP contribution in [0.2, 0.25) is 0 Å². The fourth-order valence-corrected chi connectivity index (χ4v) is 4.84. The third kappa shape index (κ3) is 4.37. The summed E-state index contributed by atoms with van der Waals surface area (Å²) in [6.07, 6.45) is 7.00. The summed E-state index contributed by atoms with van der Waals surface area (Å²) >= 11 is 0. The Kier molecular flexibility index (Phi) is 6.28. The lowest BCUT2D eigenvalue weighted by molar-refractivity contribution is -0.120. The Balaban J connectivity index is 1.44. The third-order valence-corrected chi connectivity index (χ3v) is 6.39. The van der Waals surface area contributed by atoms with Gasteiger partial charge in [0.1, 0.15) is 11.6 Å². The highest BCUT2D eigenvalue weighted by molar-refractivity contribution is 5.95. The van der Waals surface area contributed by atoms with Crippen molar-refractivity contribution in [2.45, 2.75) is 64.8 Å². The Bertz CT molecular complexity index is 846. The molecule has 0 N–H and O–H groups in total. The first-order valence-electron chi connectivity index (χ1n) is 11.2. The van der Waals surface area contributed by atoms with Crippen molar-refractivity contribution in [1.82, 2.24) is 19.7 Å². The molecule has 0 spiro atoms. The normalized spacial score (nSPS) is 20.1. The first-order valence-corrected chi connectivity index (χ1v) is 11.2. The number of benzene rings is 1. The van der Waals surface area contributed by atoms with Gasteiger partial charge < -0.3 is 9.47 Å². The maximum absolute atomic E-state index is 13.1. The molecule has 0 saturated carbocycles. The SMILES string of the molecule is CCN(C(=O)CN1CCCC(c2nnc3n2CCCCC3)C1)c1ccccc1C. The number of fused-ring (bicyclic) bond motifs is 1. The quantitative estimate of drug-likeness (QED) is 0.777. The standard InChI is InChI=1S/C23H33N5O/c1-3-27(20-12-7-6-10-18(20)2)22(29)17-26-14-9-11-19(16-26)23-25-24-21-13-5-4-8-15-28(21)23/h6-7,10,12,19H,3-5,8-9,11,13-17H2,1-2H3. The molecule has 156 valence electrons. The van der Waals surface area contributed by atoms with E-state index >= 15 is 0 Å². The van der Waals surface area contributed by atoms with Crippen LogP contribution >= 0.6 is 0 Å². The maximum Gasteiger partial charge on any atom is 0.241 e. The zero-order valence-corrected chi connectivity index (χ0v) is 17.8. The minimum absolute atomic E-state index is 0.183. The molecule has 0 aliphatic carbocycles. The van der Waals surface area contributed by atoms with Crippen molar-refractivity contribution in [3.8, 4) is 0 Å². The number of hydrogen-bond acceptors (Lipinski definition) is 4. The van der Waals surface area contributed by atoms with Gasteiger partial charge in [-0.2, -0.15) is 0 Å². The summed E-state index contributed by atoms with van der Waals surface area (Å²) in [6.45, 7) is 8.21. The Hall–Kier alpha value is -2.21. The summed E-state index contributed by atoms with van der Waals surface area (Å²) in [5.74, 6) is 2.86. The Morgan fingerprint density at radius 2 is 2.00 bits per heavy atom. The largest absolute Gasteiger partial charge is 0.315 e. The molecule has 2 aliphatic heterocycles. The number of aromatic nitrogens is 3. The van der Waals surface area contributed by atoms with E-state index in [1.807, 2.05) is 23.1 Å². The highest BCUT2D eigenvalue weighted by Gasteiger charge is 2.29. The van der Waals surface area contributed by atoms with Crippen LogP contribution in [0.4, 0.5) is 5.69 Å². The second kappa shape index (κ2) is 9.08. The highest BCUT2D eigenvalue weighted by atomic mass is 16.2. The van der Waals surface area contributed by atoms with Crippen molar-refractivity contribution in [1.29, 1.82) is 0 Å². The molecule has 2 aromatic rings. The second-order valence-corrected chi connectivity index (χ2v) is 8.44. The first kappa shape index (κ1) is 20.1. The van der Waals surface area contributed by atoms with Gasteiger partial charge in [-0.25, -0.2) is 0 Å². The molecule has 0 radical (unpaired) electrons. The smallest absolute Gasteiger partial charge is 0.241 e. The number of carbonyl (C=O) groups is 1. The van der Waals surface area contributed by atoms with Crippen molar-refractivity contribution < 1.29 is 4.79 Å². The predicted molar refractivity (Wildman–Crippen MR) is 115 cm³/mol. The zero-order chi connectivity index (χ0) is 20.2. The number of anilines is 1. The molecule has 3 heterocycles. The molecule has 0 bridgehead atoms. The van der Waals surface area contributed by atoms with Gasteiger partial charge in [-0.3, -0.25) is 9.69 Å². The summed E-state index contributed by atoms with van der Waals surface area (Å²) in [5.41, 5.74) is 2.17. The summed E-state index contributed by atoms with van der Waals surface area (Å²) in [5, 5.41) is 9.07. The van der Waals surface area contributed by atoms with Gasteiger partial charge in [-0.05, 0) is 57.7 Å². The molecule has 6 nitrogen and oxygen atoms in total. The number of piperidine rings is 1. The van der Waals surface area contributed by atoms with Crippen molar-refractivity contribution in [3.63, 3.8) is 0 Å². The highest BCUT2D eigenvalue weighted by Crippen LogP contribution is 2.28. The average Bonchev–Trinajstić information content (AvgIpc) is 2.98. The molecule has 1 fully saturated rings. The van der Waals surface area contributed by atoms with Crippen molar-refractivity contribution in [3.05, 3.63) is 41.5 Å². The molecule has 1 unspecified atom stereocenters. The van der Waals surface area contributed by atoms with Crippen LogP contribution in [-0.2, 0) is 17.8 Å². The topological polar surface area (TPSA) is 54.3 Å². The zero-order valence-electron chi connectivity index (χ0n) is 17.8. The molecule has 1 saturated heterocycles. The van der Waals surface area contributed by atoms with E-state index < -0.39 is 0 Å². The summed E-state index contributed by atoms with van der Waals surface area (Å²) < 4.78 is 2.37. The van der Waals surface area contributed by atoms with Crippen LogP contribution in [0.25, 0.3) is 0 Å². The van der Waals surface area contributed by atoms with E-state index in [0.29, 0.717) is 19.0 Å². The molecule has 1 aromatic carbocycles. The van der Waals surface area contributed by atoms with Crippen molar-refractivity contribution >= 4 is 11.6 Å². The number of likely N-dealkylation sites (N-methyl/N-ethyl adjacent to an activating group) is 1. The number of hydrogen-bond donors (Lipinski definition) is 0. The van der Waals surface area contributed by atoms with Crippen LogP contribution in [0.5, 0.6) is 0 Å². The van der Waals surface area contributed by atoms with E-state index in [4.69, 9.17) is 0 Å². The molecule has 2 aliphatic rings. The fourth-order valence-electron chi connectivity index (χ4n) is 4.84. The van der Waals surface area contributed by atoms with Crippen LogP contribution in [0.3, 0.4) is 0 Å². The van der Waals surface area contributed by atoms with Crippen LogP contribution in [0.15, 0.2) is 24.3 Å². The minimum Gasteiger partial charge on any atom is -0.315 e. The molecule has 1 amide bonds. The Morgan fingerprint density at radius 1 is 1.14 bits per heavy atom.